The number of benzene rings is 2. The molecule has 2 unspecified atom stereocenters. The van der Waals surface area contributed by atoms with E-state index in [1.54, 1.807) is 11.8 Å². The predicted octanol–water partition coefficient (Wildman–Crippen LogP) is 5.60. The molecule has 10 heteroatoms. The second-order valence-electron chi connectivity index (χ2n) is 13.3. The van der Waals surface area contributed by atoms with Crippen molar-refractivity contribution >= 4 is 41.0 Å². The second-order valence-corrected chi connectivity index (χ2v) is 14.6. The molecule has 0 saturated carbocycles. The number of carbonyl (C=O) groups is 3. The number of para-hydroxylation sites is 2. The van der Waals surface area contributed by atoms with E-state index in [0.29, 0.717) is 32.1 Å². The Kier molecular flexibility index (Phi) is 9.90. The number of anilines is 2. The Morgan fingerprint density at radius 1 is 0.978 bits per heavy atom. The fourth-order valence-corrected chi connectivity index (χ4v) is 8.64. The van der Waals surface area contributed by atoms with Crippen LogP contribution in [0.3, 0.4) is 0 Å². The monoisotopic (exact) mass is 637 g/mol. The molecular formula is C35H51N5O4S. The highest BCUT2D eigenvalue weighted by Crippen LogP contribution is 2.47. The number of aliphatic hydroxyl groups is 1. The Morgan fingerprint density at radius 3 is 2.44 bits per heavy atom. The van der Waals surface area contributed by atoms with Crippen LogP contribution in [0.25, 0.3) is 0 Å². The third kappa shape index (κ3) is 7.12. The van der Waals surface area contributed by atoms with E-state index in [0.717, 1.165) is 74.1 Å². The van der Waals surface area contributed by atoms with Crippen molar-refractivity contribution in [3.8, 4) is 0 Å². The zero-order valence-electron chi connectivity index (χ0n) is 26.6. The lowest BCUT2D eigenvalue weighted by Crippen LogP contribution is -2.50. The molecule has 0 aromatic heterocycles. The molecule has 0 bridgehead atoms. The number of rotatable bonds is 8. The summed E-state index contributed by atoms with van der Waals surface area (Å²) in [5.41, 5.74) is 4.27. The highest BCUT2D eigenvalue weighted by atomic mass is 32.2. The third-order valence-electron chi connectivity index (χ3n) is 9.85. The Bertz CT molecular complexity index is 1380. The lowest BCUT2D eigenvalue weighted by molar-refractivity contribution is -0.136. The van der Waals surface area contributed by atoms with Crippen LogP contribution in [-0.2, 0) is 16.0 Å². The summed E-state index contributed by atoms with van der Waals surface area (Å²) < 4.78 is 0. The number of fused-ring (bicyclic) bond motifs is 1. The van der Waals surface area contributed by atoms with Crippen molar-refractivity contribution in [1.82, 2.24) is 14.7 Å². The molecule has 4 aliphatic heterocycles. The predicted molar refractivity (Wildman–Crippen MR) is 184 cm³/mol. The van der Waals surface area contributed by atoms with Gasteiger partial charge in [0.1, 0.15) is 5.37 Å². The van der Waals surface area contributed by atoms with Gasteiger partial charge in [-0.3, -0.25) is 9.59 Å². The average molecular weight is 638 g/mol. The van der Waals surface area contributed by atoms with Gasteiger partial charge in [0.05, 0.1) is 11.4 Å². The highest BCUT2D eigenvalue weighted by molar-refractivity contribution is 8.01. The van der Waals surface area contributed by atoms with Gasteiger partial charge in [-0.05, 0) is 62.1 Å². The summed E-state index contributed by atoms with van der Waals surface area (Å²) in [6.07, 6.45) is 4.62. The molecule has 3 fully saturated rings. The van der Waals surface area contributed by atoms with Gasteiger partial charge in [-0.25, -0.2) is 4.79 Å². The lowest BCUT2D eigenvalue weighted by atomic mass is 10.0. The summed E-state index contributed by atoms with van der Waals surface area (Å²) in [5.74, 6) is 0.540. The van der Waals surface area contributed by atoms with Crippen LogP contribution in [0.2, 0.25) is 0 Å². The molecule has 0 aliphatic carbocycles. The number of carbonyl (C=O) groups excluding carboxylic acids is 3. The molecule has 2 atom stereocenters. The van der Waals surface area contributed by atoms with Crippen molar-refractivity contribution in [3.05, 3.63) is 59.7 Å². The van der Waals surface area contributed by atoms with Gasteiger partial charge < -0.3 is 30.0 Å². The first-order valence-electron chi connectivity index (χ1n) is 16.7. The van der Waals surface area contributed by atoms with Gasteiger partial charge >= 0.3 is 6.03 Å². The normalized spacial score (nSPS) is 23.4. The molecule has 4 aliphatic rings. The molecule has 2 aromatic carbocycles. The largest absolute Gasteiger partial charge is 0.393 e. The van der Waals surface area contributed by atoms with Gasteiger partial charge in [-0.15, -0.1) is 11.8 Å². The summed E-state index contributed by atoms with van der Waals surface area (Å²) >= 11 is 1.61. The average Bonchev–Trinajstić information content (AvgIpc) is 3.24. The minimum Gasteiger partial charge on any atom is -0.393 e. The molecule has 246 valence electrons. The number of thioether (sulfide) groups is 1. The number of piperidine rings is 2. The van der Waals surface area contributed by atoms with Crippen LogP contribution < -0.4 is 10.2 Å². The lowest BCUT2D eigenvalue weighted by Gasteiger charge is -2.38. The van der Waals surface area contributed by atoms with E-state index in [1.807, 2.05) is 45.0 Å². The minimum absolute atomic E-state index is 0. The zero-order chi connectivity index (χ0) is 31.5. The minimum atomic E-state index is -0.418. The fraction of sp³-hybridized carbons (Fsp3) is 0.571. The van der Waals surface area contributed by atoms with E-state index in [9.17, 15) is 19.5 Å². The number of aliphatic hydroxyl groups excluding tert-OH is 1. The van der Waals surface area contributed by atoms with Gasteiger partial charge in [-0.2, -0.15) is 0 Å². The van der Waals surface area contributed by atoms with Crippen LogP contribution in [0, 0.1) is 5.92 Å². The maximum atomic E-state index is 13.9. The fourth-order valence-electron chi connectivity index (χ4n) is 7.13. The first-order chi connectivity index (χ1) is 21.8. The van der Waals surface area contributed by atoms with Crippen LogP contribution in [-0.4, -0.2) is 94.3 Å². The van der Waals surface area contributed by atoms with Crippen LogP contribution in [0.5, 0.6) is 0 Å². The summed E-state index contributed by atoms with van der Waals surface area (Å²) in [4.78, 5) is 48.8. The van der Waals surface area contributed by atoms with E-state index in [2.05, 4.69) is 42.3 Å². The van der Waals surface area contributed by atoms with E-state index >= 15 is 0 Å². The van der Waals surface area contributed by atoms with Crippen molar-refractivity contribution in [3.63, 3.8) is 0 Å². The Morgan fingerprint density at radius 2 is 1.69 bits per heavy atom. The van der Waals surface area contributed by atoms with Crippen LogP contribution in [0.4, 0.5) is 16.2 Å². The molecule has 4 heterocycles. The van der Waals surface area contributed by atoms with Crippen LogP contribution >= 0.6 is 11.8 Å². The summed E-state index contributed by atoms with van der Waals surface area (Å²) in [5, 5.41) is 12.6. The van der Waals surface area contributed by atoms with E-state index < -0.39 is 5.25 Å². The van der Waals surface area contributed by atoms with E-state index in [-0.39, 0.29) is 44.6 Å². The number of hydrogen-bond donors (Lipinski definition) is 2. The van der Waals surface area contributed by atoms with Gasteiger partial charge in [0.25, 0.3) is 0 Å². The maximum Gasteiger partial charge on any atom is 0.322 e. The first-order valence-corrected chi connectivity index (χ1v) is 17.6. The van der Waals surface area contributed by atoms with Gasteiger partial charge in [0.2, 0.25) is 11.8 Å². The second kappa shape index (κ2) is 14.0. The maximum absolute atomic E-state index is 13.9. The Labute approximate surface area is 274 Å². The van der Waals surface area contributed by atoms with E-state index in [1.165, 1.54) is 0 Å². The standard InChI is InChI=1S/C35H47N5O4S.2H2/c1-24(2)11-21-40-33(43)31(45-34(40)28-8-4-6-10-30(28)37-19-15-27(41)16-20-37)23-32(42)38-17-13-26(14-18-38)39-22-12-25-7-3-5-9-29(25)36-35(39)44;;/h3-10,24,26-27,31,34,41H,11-23H2,1-2H3,(H,36,44);2*1H. The van der Waals surface area contributed by atoms with Crippen molar-refractivity contribution in [2.75, 3.05) is 49.5 Å². The summed E-state index contributed by atoms with van der Waals surface area (Å²) in [6, 6.07) is 16.3. The van der Waals surface area contributed by atoms with Crippen molar-refractivity contribution in [2.24, 2.45) is 5.92 Å². The zero-order valence-corrected chi connectivity index (χ0v) is 27.4. The van der Waals surface area contributed by atoms with Gasteiger partial charge in [-0.1, -0.05) is 50.2 Å². The molecule has 2 N–H and O–H groups in total. The Hall–Kier alpha value is -3.24. The number of likely N-dealkylation sites (tertiary alicyclic amines) is 1. The molecule has 45 heavy (non-hydrogen) atoms. The van der Waals surface area contributed by atoms with Crippen LogP contribution in [0.15, 0.2) is 48.5 Å². The quantitative estimate of drug-likeness (QED) is 0.391. The highest BCUT2D eigenvalue weighted by Gasteiger charge is 2.44. The molecule has 0 spiro atoms. The molecule has 3 saturated heterocycles. The number of hydrogen-bond acceptors (Lipinski definition) is 6. The summed E-state index contributed by atoms with van der Waals surface area (Å²) in [6.45, 7) is 8.45. The van der Waals surface area contributed by atoms with E-state index in [4.69, 9.17) is 0 Å². The molecule has 2 aromatic rings. The van der Waals surface area contributed by atoms with Gasteiger partial charge in [0, 0.05) is 71.5 Å². The SMILES string of the molecule is CC(C)CCN1C(=O)C(CC(=O)N2CCC(N3CCc4ccccc4NC3=O)CC2)SC1c1ccccc1N1CCC(O)CC1.[HH].[HH]. The first kappa shape index (κ1) is 31.7. The van der Waals surface area contributed by atoms with Gasteiger partial charge in [0.15, 0.2) is 0 Å². The number of urea groups is 1. The number of amides is 4. The summed E-state index contributed by atoms with van der Waals surface area (Å²) in [7, 11) is 0. The third-order valence-corrected chi connectivity index (χ3v) is 11.3. The Balaban J connectivity index is 0.00000250. The topological polar surface area (TPSA) is 96.4 Å². The molecule has 9 nitrogen and oxygen atoms in total. The molecule has 6 rings (SSSR count). The van der Waals surface area contributed by atoms with Crippen LogP contribution in [0.1, 0.15) is 71.7 Å². The molecule has 4 amide bonds. The number of nitrogens with one attached hydrogen (secondary N) is 1. The van der Waals surface area contributed by atoms with Crippen molar-refractivity contribution < 1.29 is 22.3 Å². The van der Waals surface area contributed by atoms with Crippen molar-refractivity contribution in [2.45, 2.75) is 81.6 Å². The van der Waals surface area contributed by atoms with Crippen molar-refractivity contribution in [1.29, 1.82) is 0 Å². The smallest absolute Gasteiger partial charge is 0.322 e. The molecule has 0 radical (unpaired) electrons. The number of nitrogens with zero attached hydrogens (tertiary/aromatic N) is 4. The molecular weight excluding hydrogens is 586 g/mol.